The summed E-state index contributed by atoms with van der Waals surface area (Å²) in [4.78, 5) is 19.7. The summed E-state index contributed by atoms with van der Waals surface area (Å²) in [5.74, 6) is -0.0365. The van der Waals surface area contributed by atoms with Gasteiger partial charge in [-0.3, -0.25) is 4.79 Å². The minimum atomic E-state index is -0.0365. The minimum Gasteiger partial charge on any atom is -0.352 e. The summed E-state index contributed by atoms with van der Waals surface area (Å²) in [6.45, 7) is 2.57. The lowest BCUT2D eigenvalue weighted by molar-refractivity contribution is 0.0954. The molecule has 4 nitrogen and oxygen atoms in total. The van der Waals surface area contributed by atoms with Gasteiger partial charge in [0.2, 0.25) is 0 Å². The molecule has 1 aromatic heterocycles. The van der Waals surface area contributed by atoms with Crippen molar-refractivity contribution in [2.75, 3.05) is 6.54 Å². The van der Waals surface area contributed by atoms with Gasteiger partial charge in [-0.05, 0) is 19.8 Å². The second-order valence-electron chi connectivity index (χ2n) is 3.14. The van der Waals surface area contributed by atoms with Crippen LogP contribution in [0.1, 0.15) is 28.2 Å². The van der Waals surface area contributed by atoms with Gasteiger partial charge in [0.15, 0.2) is 0 Å². The Labute approximate surface area is 76.4 Å². The summed E-state index contributed by atoms with van der Waals surface area (Å²) < 4.78 is 0. The van der Waals surface area contributed by atoms with E-state index in [0.29, 0.717) is 5.56 Å². The first-order valence-electron chi connectivity index (χ1n) is 4.37. The molecule has 0 bridgehead atoms. The van der Waals surface area contributed by atoms with Crippen molar-refractivity contribution in [1.82, 2.24) is 15.3 Å². The monoisotopic (exact) mass is 177 g/mol. The molecule has 1 amide bonds. The molecule has 13 heavy (non-hydrogen) atoms. The van der Waals surface area contributed by atoms with E-state index in [4.69, 9.17) is 0 Å². The zero-order chi connectivity index (χ0) is 9.26. The Kier molecular flexibility index (Phi) is 1.96. The lowest BCUT2D eigenvalue weighted by atomic mass is 10.1. The quantitative estimate of drug-likeness (QED) is 0.626. The number of carbonyl (C=O) groups is 1. The fourth-order valence-corrected chi connectivity index (χ4v) is 1.55. The SMILES string of the molecule is Cc1ncnc2c1C(=O)NCCC2. The zero-order valence-electron chi connectivity index (χ0n) is 7.50. The summed E-state index contributed by atoms with van der Waals surface area (Å²) in [5, 5.41) is 2.82. The molecule has 4 heteroatoms. The van der Waals surface area contributed by atoms with Crippen LogP contribution in [0.2, 0.25) is 0 Å². The summed E-state index contributed by atoms with van der Waals surface area (Å²) in [5.41, 5.74) is 2.31. The maximum atomic E-state index is 11.5. The van der Waals surface area contributed by atoms with Gasteiger partial charge >= 0.3 is 0 Å². The van der Waals surface area contributed by atoms with Gasteiger partial charge in [0.25, 0.3) is 5.91 Å². The predicted molar refractivity (Wildman–Crippen MR) is 47.4 cm³/mol. The first-order chi connectivity index (χ1) is 6.29. The van der Waals surface area contributed by atoms with Gasteiger partial charge < -0.3 is 5.32 Å². The van der Waals surface area contributed by atoms with Crippen LogP contribution in [0.15, 0.2) is 6.33 Å². The zero-order valence-corrected chi connectivity index (χ0v) is 7.50. The molecule has 1 aliphatic heterocycles. The standard InChI is InChI=1S/C9H11N3O/c1-6-8-7(12-5-11-6)3-2-4-10-9(8)13/h5H,2-4H2,1H3,(H,10,13). The number of nitrogens with zero attached hydrogens (tertiary/aromatic N) is 2. The molecule has 0 fully saturated rings. The first kappa shape index (κ1) is 8.16. The number of hydrogen-bond acceptors (Lipinski definition) is 3. The molecule has 0 spiro atoms. The average molecular weight is 177 g/mol. The largest absolute Gasteiger partial charge is 0.352 e. The third-order valence-electron chi connectivity index (χ3n) is 2.22. The van der Waals surface area contributed by atoms with E-state index in [1.807, 2.05) is 6.92 Å². The van der Waals surface area contributed by atoms with Crippen LogP contribution in [0.5, 0.6) is 0 Å². The topological polar surface area (TPSA) is 54.9 Å². The lowest BCUT2D eigenvalue weighted by Crippen LogP contribution is -2.24. The van der Waals surface area contributed by atoms with Crippen LogP contribution >= 0.6 is 0 Å². The van der Waals surface area contributed by atoms with Crippen LogP contribution in [0, 0.1) is 6.92 Å². The van der Waals surface area contributed by atoms with E-state index in [1.54, 1.807) is 0 Å². The number of rotatable bonds is 0. The summed E-state index contributed by atoms with van der Waals surface area (Å²) >= 11 is 0. The first-order valence-corrected chi connectivity index (χ1v) is 4.37. The summed E-state index contributed by atoms with van der Waals surface area (Å²) in [7, 11) is 0. The van der Waals surface area contributed by atoms with Gasteiger partial charge in [0.1, 0.15) is 6.33 Å². The Morgan fingerprint density at radius 1 is 1.46 bits per heavy atom. The van der Waals surface area contributed by atoms with Gasteiger partial charge in [-0.1, -0.05) is 0 Å². The number of aromatic nitrogens is 2. The van der Waals surface area contributed by atoms with E-state index >= 15 is 0 Å². The van der Waals surface area contributed by atoms with Gasteiger partial charge in [-0.25, -0.2) is 9.97 Å². The highest BCUT2D eigenvalue weighted by Gasteiger charge is 2.18. The molecule has 0 saturated carbocycles. The van der Waals surface area contributed by atoms with E-state index in [0.717, 1.165) is 30.8 Å². The molecule has 0 saturated heterocycles. The molecule has 0 aliphatic carbocycles. The van der Waals surface area contributed by atoms with Crippen molar-refractivity contribution in [3.63, 3.8) is 0 Å². The van der Waals surface area contributed by atoms with Crippen LogP contribution in [0.3, 0.4) is 0 Å². The number of fused-ring (bicyclic) bond motifs is 1. The second kappa shape index (κ2) is 3.12. The van der Waals surface area contributed by atoms with Crippen LogP contribution in [-0.4, -0.2) is 22.4 Å². The molecule has 0 atom stereocenters. The Morgan fingerprint density at radius 2 is 2.31 bits per heavy atom. The van der Waals surface area contributed by atoms with E-state index in [-0.39, 0.29) is 5.91 Å². The Morgan fingerprint density at radius 3 is 3.15 bits per heavy atom. The summed E-state index contributed by atoms with van der Waals surface area (Å²) in [6, 6.07) is 0. The highest BCUT2D eigenvalue weighted by atomic mass is 16.1. The van der Waals surface area contributed by atoms with Crippen molar-refractivity contribution < 1.29 is 4.79 Å². The highest BCUT2D eigenvalue weighted by Crippen LogP contribution is 2.13. The van der Waals surface area contributed by atoms with E-state index in [2.05, 4.69) is 15.3 Å². The van der Waals surface area contributed by atoms with E-state index < -0.39 is 0 Å². The maximum absolute atomic E-state index is 11.5. The van der Waals surface area contributed by atoms with Crippen molar-refractivity contribution in [2.45, 2.75) is 19.8 Å². The van der Waals surface area contributed by atoms with E-state index in [1.165, 1.54) is 6.33 Å². The van der Waals surface area contributed by atoms with E-state index in [9.17, 15) is 4.79 Å². The smallest absolute Gasteiger partial charge is 0.254 e. The molecule has 0 unspecified atom stereocenters. The Hall–Kier alpha value is -1.45. The molecule has 1 aliphatic rings. The second-order valence-corrected chi connectivity index (χ2v) is 3.14. The molecule has 0 aromatic carbocycles. The van der Waals surface area contributed by atoms with Crippen molar-refractivity contribution in [1.29, 1.82) is 0 Å². The van der Waals surface area contributed by atoms with Crippen LogP contribution in [0.25, 0.3) is 0 Å². The van der Waals surface area contributed by atoms with Gasteiger partial charge in [0.05, 0.1) is 17.0 Å². The number of carbonyl (C=O) groups excluding carboxylic acids is 1. The fraction of sp³-hybridized carbons (Fsp3) is 0.444. The normalized spacial score (nSPS) is 15.9. The Bertz CT molecular complexity index is 349. The number of amides is 1. The van der Waals surface area contributed by atoms with Crippen LogP contribution in [0.4, 0.5) is 0 Å². The molecule has 68 valence electrons. The van der Waals surface area contributed by atoms with Gasteiger partial charge in [0, 0.05) is 6.54 Å². The van der Waals surface area contributed by atoms with Crippen LogP contribution in [-0.2, 0) is 6.42 Å². The molecule has 1 N–H and O–H groups in total. The number of nitrogens with one attached hydrogen (secondary N) is 1. The third-order valence-corrected chi connectivity index (χ3v) is 2.22. The molecule has 2 rings (SSSR count). The molecular weight excluding hydrogens is 166 g/mol. The summed E-state index contributed by atoms with van der Waals surface area (Å²) in [6.07, 6.45) is 3.33. The number of hydrogen-bond donors (Lipinski definition) is 1. The predicted octanol–water partition coefficient (Wildman–Crippen LogP) is 0.461. The maximum Gasteiger partial charge on any atom is 0.254 e. The highest BCUT2D eigenvalue weighted by molar-refractivity contribution is 5.96. The minimum absolute atomic E-state index is 0.0365. The average Bonchev–Trinajstić information content (AvgIpc) is 2.29. The molecule has 2 heterocycles. The van der Waals surface area contributed by atoms with Crippen molar-refractivity contribution in [2.24, 2.45) is 0 Å². The fourth-order valence-electron chi connectivity index (χ4n) is 1.55. The third kappa shape index (κ3) is 1.39. The van der Waals surface area contributed by atoms with Crippen molar-refractivity contribution >= 4 is 5.91 Å². The van der Waals surface area contributed by atoms with Gasteiger partial charge in [-0.2, -0.15) is 0 Å². The molecular formula is C9H11N3O. The molecule has 0 radical (unpaired) electrons. The van der Waals surface area contributed by atoms with Crippen molar-refractivity contribution in [3.05, 3.63) is 23.3 Å². The van der Waals surface area contributed by atoms with Crippen molar-refractivity contribution in [3.8, 4) is 0 Å². The lowest BCUT2D eigenvalue weighted by Gasteiger charge is -2.04. The Balaban J connectivity index is 2.55. The van der Waals surface area contributed by atoms with Gasteiger partial charge in [-0.15, -0.1) is 0 Å². The number of aryl methyl sites for hydroxylation is 2. The van der Waals surface area contributed by atoms with Crippen LogP contribution < -0.4 is 5.32 Å². The molecule has 1 aromatic rings.